The molecule has 0 aliphatic carbocycles. The van der Waals surface area contributed by atoms with Crippen LogP contribution in [0.4, 0.5) is 5.69 Å². The third kappa shape index (κ3) is 4.03. The van der Waals surface area contributed by atoms with Crippen LogP contribution in [0.15, 0.2) is 18.2 Å². The molecule has 0 fully saturated rings. The maximum atomic E-state index is 11.9. The van der Waals surface area contributed by atoms with Gasteiger partial charge < -0.3 is 5.32 Å². The summed E-state index contributed by atoms with van der Waals surface area (Å²) in [5.74, 6) is -0.369. The van der Waals surface area contributed by atoms with Crippen molar-refractivity contribution >= 4 is 21.8 Å². The topological polar surface area (TPSA) is 69.7 Å². The van der Waals surface area contributed by atoms with Gasteiger partial charge in [-0.05, 0) is 31.0 Å². The standard InChI is InChI=1S/C13H21N3O3S/c1-10-6-7-11(2)12(8-10)14-13(17)9-16(5)20(18,19)15(3)4/h6-8H,9H2,1-5H3,(H,14,17). The van der Waals surface area contributed by atoms with Crippen molar-refractivity contribution < 1.29 is 13.2 Å². The zero-order chi connectivity index (χ0) is 15.5. The molecule has 0 atom stereocenters. The molecule has 20 heavy (non-hydrogen) atoms. The van der Waals surface area contributed by atoms with Crippen molar-refractivity contribution in [1.82, 2.24) is 8.61 Å². The fourth-order valence-corrected chi connectivity index (χ4v) is 2.46. The first-order chi connectivity index (χ1) is 9.14. The van der Waals surface area contributed by atoms with Crippen molar-refractivity contribution in [3.63, 3.8) is 0 Å². The summed E-state index contributed by atoms with van der Waals surface area (Å²) < 4.78 is 25.7. The smallest absolute Gasteiger partial charge is 0.281 e. The molecule has 6 nitrogen and oxygen atoms in total. The summed E-state index contributed by atoms with van der Waals surface area (Å²) in [5, 5.41) is 2.73. The first kappa shape index (κ1) is 16.6. The van der Waals surface area contributed by atoms with Crippen LogP contribution in [0.25, 0.3) is 0 Å². The number of carbonyl (C=O) groups is 1. The van der Waals surface area contributed by atoms with Crippen LogP contribution < -0.4 is 5.32 Å². The van der Waals surface area contributed by atoms with E-state index in [0.29, 0.717) is 5.69 Å². The van der Waals surface area contributed by atoms with E-state index in [1.165, 1.54) is 21.1 Å². The fraction of sp³-hybridized carbons (Fsp3) is 0.462. The molecular formula is C13H21N3O3S. The van der Waals surface area contributed by atoms with E-state index in [1.807, 2.05) is 32.0 Å². The van der Waals surface area contributed by atoms with Gasteiger partial charge in [0.1, 0.15) is 0 Å². The van der Waals surface area contributed by atoms with Crippen LogP contribution in [0.5, 0.6) is 0 Å². The summed E-state index contributed by atoms with van der Waals surface area (Å²) in [5.41, 5.74) is 2.66. The van der Waals surface area contributed by atoms with Crippen molar-refractivity contribution in [3.8, 4) is 0 Å². The average molecular weight is 299 g/mol. The monoisotopic (exact) mass is 299 g/mol. The number of likely N-dealkylation sites (N-methyl/N-ethyl adjacent to an activating group) is 1. The number of benzene rings is 1. The molecule has 0 heterocycles. The Hall–Kier alpha value is -1.44. The van der Waals surface area contributed by atoms with Gasteiger partial charge >= 0.3 is 0 Å². The Morgan fingerprint density at radius 2 is 1.80 bits per heavy atom. The van der Waals surface area contributed by atoms with Gasteiger partial charge in [0.15, 0.2) is 0 Å². The highest BCUT2D eigenvalue weighted by atomic mass is 32.2. The average Bonchev–Trinajstić information content (AvgIpc) is 2.33. The second-order valence-corrected chi connectivity index (χ2v) is 7.16. The zero-order valence-electron chi connectivity index (χ0n) is 12.5. The van der Waals surface area contributed by atoms with Gasteiger partial charge in [-0.1, -0.05) is 12.1 Å². The number of nitrogens with one attached hydrogen (secondary N) is 1. The number of nitrogens with zero attached hydrogens (tertiary/aromatic N) is 2. The molecule has 0 aliphatic heterocycles. The summed E-state index contributed by atoms with van der Waals surface area (Å²) in [6.07, 6.45) is 0. The van der Waals surface area contributed by atoms with Crippen molar-refractivity contribution in [2.45, 2.75) is 13.8 Å². The SMILES string of the molecule is Cc1ccc(C)c(NC(=O)CN(C)S(=O)(=O)N(C)C)c1. The molecule has 1 rings (SSSR count). The van der Waals surface area contributed by atoms with Gasteiger partial charge in [0.05, 0.1) is 6.54 Å². The molecule has 0 saturated carbocycles. The molecule has 0 spiro atoms. The first-order valence-corrected chi connectivity index (χ1v) is 7.55. The summed E-state index contributed by atoms with van der Waals surface area (Å²) >= 11 is 0. The quantitative estimate of drug-likeness (QED) is 0.881. The Morgan fingerprint density at radius 3 is 2.35 bits per heavy atom. The molecule has 1 amide bonds. The number of anilines is 1. The lowest BCUT2D eigenvalue weighted by Gasteiger charge is -2.21. The molecule has 0 radical (unpaired) electrons. The summed E-state index contributed by atoms with van der Waals surface area (Å²) in [7, 11) is 0.646. The normalized spacial score (nSPS) is 11.9. The lowest BCUT2D eigenvalue weighted by Crippen LogP contribution is -2.41. The second-order valence-electron chi connectivity index (χ2n) is 4.91. The Labute approximate surface area is 120 Å². The predicted octanol–water partition coefficient (Wildman–Crippen LogP) is 0.980. The second kappa shape index (κ2) is 6.34. The minimum absolute atomic E-state index is 0.228. The highest BCUT2D eigenvalue weighted by molar-refractivity contribution is 7.86. The maximum Gasteiger partial charge on any atom is 0.281 e. The minimum Gasteiger partial charge on any atom is -0.325 e. The van der Waals surface area contributed by atoms with Crippen LogP contribution in [0.2, 0.25) is 0 Å². The molecule has 0 aliphatic rings. The van der Waals surface area contributed by atoms with E-state index in [-0.39, 0.29) is 12.5 Å². The zero-order valence-corrected chi connectivity index (χ0v) is 13.3. The van der Waals surface area contributed by atoms with E-state index in [2.05, 4.69) is 5.32 Å². The molecule has 0 bridgehead atoms. The molecule has 0 saturated heterocycles. The first-order valence-electron chi connectivity index (χ1n) is 6.15. The Balaban J connectivity index is 2.76. The third-order valence-corrected chi connectivity index (χ3v) is 4.73. The van der Waals surface area contributed by atoms with Crippen molar-refractivity contribution in [2.75, 3.05) is 33.0 Å². The van der Waals surface area contributed by atoms with Gasteiger partial charge in [-0.3, -0.25) is 4.79 Å². The predicted molar refractivity (Wildman–Crippen MR) is 79.8 cm³/mol. The lowest BCUT2D eigenvalue weighted by atomic mass is 10.1. The van der Waals surface area contributed by atoms with E-state index >= 15 is 0 Å². The van der Waals surface area contributed by atoms with Gasteiger partial charge in [0.25, 0.3) is 10.2 Å². The van der Waals surface area contributed by atoms with E-state index in [9.17, 15) is 13.2 Å². The Morgan fingerprint density at radius 1 is 1.20 bits per heavy atom. The molecule has 1 aromatic rings. The van der Waals surface area contributed by atoms with E-state index in [0.717, 1.165) is 19.7 Å². The van der Waals surface area contributed by atoms with Gasteiger partial charge in [0.2, 0.25) is 5.91 Å². The van der Waals surface area contributed by atoms with Crippen molar-refractivity contribution in [2.24, 2.45) is 0 Å². The summed E-state index contributed by atoms with van der Waals surface area (Å²) in [6.45, 7) is 3.58. The Bertz CT molecular complexity index is 597. The van der Waals surface area contributed by atoms with E-state index in [4.69, 9.17) is 0 Å². The Kier molecular flexibility index (Phi) is 5.27. The highest BCUT2D eigenvalue weighted by Crippen LogP contribution is 2.16. The summed E-state index contributed by atoms with van der Waals surface area (Å²) in [4.78, 5) is 11.9. The van der Waals surface area contributed by atoms with Crippen LogP contribution >= 0.6 is 0 Å². The molecule has 7 heteroatoms. The number of hydrogen-bond acceptors (Lipinski definition) is 3. The van der Waals surface area contributed by atoms with Crippen LogP contribution in [0, 0.1) is 13.8 Å². The lowest BCUT2D eigenvalue weighted by molar-refractivity contribution is -0.116. The number of aryl methyl sites for hydroxylation is 2. The highest BCUT2D eigenvalue weighted by Gasteiger charge is 2.22. The van der Waals surface area contributed by atoms with Gasteiger partial charge in [-0.25, -0.2) is 0 Å². The number of hydrogen-bond donors (Lipinski definition) is 1. The maximum absolute atomic E-state index is 11.9. The molecule has 1 aromatic carbocycles. The number of rotatable bonds is 5. The van der Waals surface area contributed by atoms with E-state index in [1.54, 1.807) is 0 Å². The van der Waals surface area contributed by atoms with Crippen molar-refractivity contribution in [3.05, 3.63) is 29.3 Å². The van der Waals surface area contributed by atoms with Crippen LogP contribution in [0.1, 0.15) is 11.1 Å². The molecule has 0 unspecified atom stereocenters. The molecular weight excluding hydrogens is 278 g/mol. The fourth-order valence-electron chi connectivity index (χ4n) is 1.62. The molecule has 0 aromatic heterocycles. The van der Waals surface area contributed by atoms with Gasteiger partial charge in [0, 0.05) is 26.8 Å². The third-order valence-electron chi connectivity index (χ3n) is 2.89. The van der Waals surface area contributed by atoms with Crippen LogP contribution in [-0.4, -0.2) is 50.6 Å². The van der Waals surface area contributed by atoms with Gasteiger partial charge in [-0.15, -0.1) is 0 Å². The summed E-state index contributed by atoms with van der Waals surface area (Å²) in [6, 6.07) is 5.71. The minimum atomic E-state index is -3.58. The largest absolute Gasteiger partial charge is 0.325 e. The van der Waals surface area contributed by atoms with Crippen molar-refractivity contribution in [1.29, 1.82) is 0 Å². The molecule has 1 N–H and O–H groups in total. The van der Waals surface area contributed by atoms with Crippen LogP contribution in [0.3, 0.4) is 0 Å². The number of carbonyl (C=O) groups excluding carboxylic acids is 1. The van der Waals surface area contributed by atoms with E-state index < -0.39 is 10.2 Å². The van der Waals surface area contributed by atoms with Gasteiger partial charge in [-0.2, -0.15) is 17.0 Å². The number of amides is 1. The molecule has 112 valence electrons. The van der Waals surface area contributed by atoms with Crippen LogP contribution in [-0.2, 0) is 15.0 Å².